The molecule has 1 rings (SSSR count). The van der Waals surface area contributed by atoms with Gasteiger partial charge in [-0.1, -0.05) is 30.9 Å². The highest BCUT2D eigenvalue weighted by atomic mass is 14.3. The smallest absolute Gasteiger partial charge is 0.0621 e. The minimum atomic E-state index is 0.728. The Morgan fingerprint density at radius 3 is 2.46 bits per heavy atom. The van der Waals surface area contributed by atoms with Gasteiger partial charge in [-0.3, -0.25) is 0 Å². The van der Waals surface area contributed by atoms with Gasteiger partial charge in [0.25, 0.3) is 0 Å². The van der Waals surface area contributed by atoms with Gasteiger partial charge in [0.2, 0.25) is 0 Å². The number of hydrogen-bond acceptors (Lipinski definition) is 1. The summed E-state index contributed by atoms with van der Waals surface area (Å²) < 4.78 is 0. The minimum Gasteiger partial charge on any atom is -0.198 e. The third-order valence-electron chi connectivity index (χ3n) is 2.65. The van der Waals surface area contributed by atoms with E-state index in [-0.39, 0.29) is 0 Å². The second-order valence-electron chi connectivity index (χ2n) is 3.85. The summed E-state index contributed by atoms with van der Waals surface area (Å²) in [5, 5.41) is 8.37. The van der Waals surface area contributed by atoms with Crippen molar-refractivity contribution in [3.05, 3.63) is 11.1 Å². The SMILES string of the molecule is CCCCCC1=C(CCCC#N)C1. The van der Waals surface area contributed by atoms with Gasteiger partial charge < -0.3 is 0 Å². The number of allylic oxidation sites excluding steroid dienone is 2. The first-order chi connectivity index (χ1) is 6.38. The summed E-state index contributed by atoms with van der Waals surface area (Å²) in [5.74, 6) is 0. The fraction of sp³-hybridized carbons (Fsp3) is 0.750. The molecule has 0 saturated heterocycles. The molecule has 0 spiro atoms. The highest BCUT2D eigenvalue weighted by molar-refractivity contribution is 5.34. The predicted molar refractivity (Wildman–Crippen MR) is 55.2 cm³/mol. The molecule has 1 nitrogen and oxygen atoms in total. The van der Waals surface area contributed by atoms with Crippen LogP contribution in [0.4, 0.5) is 0 Å². The van der Waals surface area contributed by atoms with Crippen molar-refractivity contribution in [1.29, 1.82) is 5.26 Å². The second kappa shape index (κ2) is 5.80. The Labute approximate surface area is 81.5 Å². The lowest BCUT2D eigenvalue weighted by Crippen LogP contribution is -1.72. The number of nitriles is 1. The van der Waals surface area contributed by atoms with Gasteiger partial charge in [-0.15, -0.1) is 0 Å². The Kier molecular flexibility index (Phi) is 4.60. The third-order valence-corrected chi connectivity index (χ3v) is 2.65. The van der Waals surface area contributed by atoms with Crippen molar-refractivity contribution < 1.29 is 0 Å². The van der Waals surface area contributed by atoms with Gasteiger partial charge in [-0.25, -0.2) is 0 Å². The molecule has 0 aromatic carbocycles. The van der Waals surface area contributed by atoms with Crippen LogP contribution in [0.1, 0.15) is 58.3 Å². The molecule has 72 valence electrons. The molecule has 0 fully saturated rings. The fourth-order valence-electron chi connectivity index (χ4n) is 1.71. The van der Waals surface area contributed by atoms with Crippen LogP contribution in [0.5, 0.6) is 0 Å². The largest absolute Gasteiger partial charge is 0.198 e. The number of nitrogens with zero attached hydrogens (tertiary/aromatic N) is 1. The molecule has 1 aliphatic carbocycles. The van der Waals surface area contributed by atoms with Crippen LogP contribution in [0.25, 0.3) is 0 Å². The van der Waals surface area contributed by atoms with Crippen LogP contribution in [0.3, 0.4) is 0 Å². The van der Waals surface area contributed by atoms with Crippen molar-refractivity contribution in [3.63, 3.8) is 0 Å². The zero-order valence-corrected chi connectivity index (χ0v) is 8.60. The van der Waals surface area contributed by atoms with E-state index in [0.29, 0.717) is 0 Å². The maximum Gasteiger partial charge on any atom is 0.0621 e. The van der Waals surface area contributed by atoms with Gasteiger partial charge in [0.05, 0.1) is 6.07 Å². The topological polar surface area (TPSA) is 23.8 Å². The molecule has 0 unspecified atom stereocenters. The van der Waals surface area contributed by atoms with Crippen molar-refractivity contribution >= 4 is 0 Å². The maximum atomic E-state index is 8.37. The van der Waals surface area contributed by atoms with E-state index in [1.807, 2.05) is 0 Å². The predicted octanol–water partition coefficient (Wildman–Crippen LogP) is 3.96. The zero-order valence-electron chi connectivity index (χ0n) is 8.60. The van der Waals surface area contributed by atoms with Crippen molar-refractivity contribution in [2.45, 2.75) is 58.3 Å². The number of rotatable bonds is 7. The van der Waals surface area contributed by atoms with Crippen LogP contribution in [0.2, 0.25) is 0 Å². The molecule has 0 aromatic heterocycles. The second-order valence-corrected chi connectivity index (χ2v) is 3.85. The summed E-state index contributed by atoms with van der Waals surface area (Å²) >= 11 is 0. The van der Waals surface area contributed by atoms with E-state index in [4.69, 9.17) is 5.26 Å². The first kappa shape index (κ1) is 10.3. The van der Waals surface area contributed by atoms with Crippen molar-refractivity contribution in [3.8, 4) is 6.07 Å². The Morgan fingerprint density at radius 1 is 1.15 bits per heavy atom. The molecule has 0 bridgehead atoms. The van der Waals surface area contributed by atoms with Gasteiger partial charge in [0.15, 0.2) is 0 Å². The summed E-state index contributed by atoms with van der Waals surface area (Å²) in [4.78, 5) is 0. The van der Waals surface area contributed by atoms with Crippen molar-refractivity contribution in [2.75, 3.05) is 0 Å². The average Bonchev–Trinajstić information content (AvgIpc) is 2.85. The van der Waals surface area contributed by atoms with Crippen LogP contribution < -0.4 is 0 Å². The molecule has 1 heteroatoms. The van der Waals surface area contributed by atoms with Gasteiger partial charge in [-0.2, -0.15) is 5.26 Å². The summed E-state index contributed by atoms with van der Waals surface area (Å²) in [5.41, 5.74) is 3.36. The number of unbranched alkanes of at least 4 members (excludes halogenated alkanes) is 3. The quantitative estimate of drug-likeness (QED) is 0.426. The summed E-state index contributed by atoms with van der Waals surface area (Å²) in [6.07, 6.45) is 9.66. The third kappa shape index (κ3) is 4.12. The van der Waals surface area contributed by atoms with E-state index < -0.39 is 0 Å². The van der Waals surface area contributed by atoms with E-state index in [1.54, 1.807) is 11.1 Å². The van der Waals surface area contributed by atoms with E-state index >= 15 is 0 Å². The highest BCUT2D eigenvalue weighted by Gasteiger charge is 2.19. The molecule has 0 amide bonds. The van der Waals surface area contributed by atoms with Crippen molar-refractivity contribution in [2.24, 2.45) is 0 Å². The molecule has 0 radical (unpaired) electrons. The van der Waals surface area contributed by atoms with Crippen LogP contribution in [0.15, 0.2) is 11.1 Å². The Morgan fingerprint density at radius 2 is 1.85 bits per heavy atom. The van der Waals surface area contributed by atoms with Crippen LogP contribution in [-0.4, -0.2) is 0 Å². The molecule has 0 aliphatic heterocycles. The zero-order chi connectivity index (χ0) is 9.52. The van der Waals surface area contributed by atoms with Crippen LogP contribution in [0, 0.1) is 11.3 Å². The first-order valence-electron chi connectivity index (χ1n) is 5.45. The molecule has 1 aliphatic rings. The molecule has 13 heavy (non-hydrogen) atoms. The summed E-state index contributed by atoms with van der Waals surface area (Å²) in [6.45, 7) is 2.25. The lowest BCUT2D eigenvalue weighted by Gasteiger charge is -1.91. The van der Waals surface area contributed by atoms with Crippen molar-refractivity contribution in [1.82, 2.24) is 0 Å². The van der Waals surface area contributed by atoms with Gasteiger partial charge in [0.1, 0.15) is 0 Å². The van der Waals surface area contributed by atoms with E-state index in [9.17, 15) is 0 Å². The molecular weight excluding hydrogens is 158 g/mol. The van der Waals surface area contributed by atoms with Crippen LogP contribution >= 0.6 is 0 Å². The molecule has 0 atom stereocenters. The van der Waals surface area contributed by atoms with E-state index in [0.717, 1.165) is 12.8 Å². The molecule has 0 heterocycles. The lowest BCUT2D eigenvalue weighted by molar-refractivity contribution is 0.720. The average molecular weight is 177 g/mol. The van der Waals surface area contributed by atoms with Gasteiger partial charge in [-0.05, 0) is 32.1 Å². The lowest BCUT2D eigenvalue weighted by atomic mass is 10.1. The maximum absolute atomic E-state index is 8.37. The standard InChI is InChI=1S/C12H19N/c1-2-3-4-7-11-10-12(11)8-5-6-9-13/h2-8,10H2,1H3. The first-order valence-corrected chi connectivity index (χ1v) is 5.45. The Hall–Kier alpha value is -0.770. The molecule has 0 saturated carbocycles. The monoisotopic (exact) mass is 177 g/mol. The minimum absolute atomic E-state index is 0.728. The molecule has 0 aromatic rings. The van der Waals surface area contributed by atoms with Gasteiger partial charge >= 0.3 is 0 Å². The van der Waals surface area contributed by atoms with E-state index in [1.165, 1.54) is 38.5 Å². The highest BCUT2D eigenvalue weighted by Crippen LogP contribution is 2.38. The normalized spacial score (nSPS) is 14.5. The Balaban J connectivity index is 2.01. The molecular formula is C12H19N. The summed E-state index contributed by atoms with van der Waals surface area (Å²) in [7, 11) is 0. The molecule has 0 N–H and O–H groups in total. The fourth-order valence-corrected chi connectivity index (χ4v) is 1.71. The van der Waals surface area contributed by atoms with E-state index in [2.05, 4.69) is 13.0 Å². The summed E-state index contributed by atoms with van der Waals surface area (Å²) in [6, 6.07) is 2.20. The Bertz CT molecular complexity index is 220. The van der Waals surface area contributed by atoms with Crippen LogP contribution in [-0.2, 0) is 0 Å². The van der Waals surface area contributed by atoms with Gasteiger partial charge in [0, 0.05) is 6.42 Å². The number of hydrogen-bond donors (Lipinski definition) is 0.